The number of ether oxygens (including phenoxy) is 2. The molecular formula is C22H20Cl2FNO2. The second-order valence-corrected chi connectivity index (χ2v) is 6.96. The van der Waals surface area contributed by atoms with Gasteiger partial charge in [0.25, 0.3) is 0 Å². The van der Waals surface area contributed by atoms with E-state index < -0.39 is 0 Å². The first-order valence-corrected chi connectivity index (χ1v) is 9.62. The number of halogens is 3. The van der Waals surface area contributed by atoms with Crippen molar-refractivity contribution in [2.45, 2.75) is 20.1 Å². The summed E-state index contributed by atoms with van der Waals surface area (Å²) in [6, 6.07) is 17.4. The van der Waals surface area contributed by atoms with E-state index in [1.165, 1.54) is 12.1 Å². The molecule has 3 aromatic carbocycles. The van der Waals surface area contributed by atoms with Crippen molar-refractivity contribution >= 4 is 28.9 Å². The lowest BCUT2D eigenvalue weighted by atomic mass is 10.2. The molecule has 1 N–H and O–H groups in total. The number of anilines is 1. The van der Waals surface area contributed by atoms with E-state index in [-0.39, 0.29) is 12.4 Å². The molecule has 0 aromatic heterocycles. The first kappa shape index (κ1) is 20.3. The number of nitrogens with one attached hydrogen (secondary N) is 1. The number of hydrogen-bond donors (Lipinski definition) is 1. The summed E-state index contributed by atoms with van der Waals surface area (Å²) in [5.41, 5.74) is 2.70. The van der Waals surface area contributed by atoms with Crippen LogP contribution >= 0.6 is 23.2 Å². The fourth-order valence-corrected chi connectivity index (χ4v) is 3.14. The molecule has 0 heterocycles. The van der Waals surface area contributed by atoms with Crippen molar-refractivity contribution in [2.24, 2.45) is 0 Å². The highest BCUT2D eigenvalue weighted by Gasteiger charge is 2.13. The number of benzene rings is 3. The van der Waals surface area contributed by atoms with Crippen LogP contribution in [-0.4, -0.2) is 6.61 Å². The third-order valence-electron chi connectivity index (χ3n) is 3.99. The molecule has 6 heteroatoms. The van der Waals surface area contributed by atoms with Crippen molar-refractivity contribution in [1.29, 1.82) is 0 Å². The van der Waals surface area contributed by atoms with Crippen molar-refractivity contribution in [3.8, 4) is 11.5 Å². The molecule has 0 aliphatic heterocycles. The van der Waals surface area contributed by atoms with Gasteiger partial charge in [0.15, 0.2) is 11.5 Å². The highest BCUT2D eigenvalue weighted by atomic mass is 35.5. The van der Waals surface area contributed by atoms with E-state index in [2.05, 4.69) is 5.32 Å². The van der Waals surface area contributed by atoms with E-state index in [4.69, 9.17) is 32.7 Å². The molecular weight excluding hydrogens is 400 g/mol. The molecule has 0 bridgehead atoms. The van der Waals surface area contributed by atoms with E-state index in [1.807, 2.05) is 43.3 Å². The summed E-state index contributed by atoms with van der Waals surface area (Å²) in [6.45, 7) is 3.20. The Morgan fingerprint density at radius 3 is 2.43 bits per heavy atom. The molecule has 0 spiro atoms. The van der Waals surface area contributed by atoms with E-state index in [0.29, 0.717) is 34.7 Å². The zero-order valence-electron chi connectivity index (χ0n) is 15.3. The predicted octanol–water partition coefficient (Wildman–Crippen LogP) is 6.72. The molecule has 3 rings (SSSR count). The van der Waals surface area contributed by atoms with Gasteiger partial charge in [-0.1, -0.05) is 41.4 Å². The Morgan fingerprint density at radius 1 is 0.929 bits per heavy atom. The lowest BCUT2D eigenvalue weighted by molar-refractivity contribution is 0.269. The Labute approximate surface area is 174 Å². The molecule has 0 amide bonds. The first-order valence-electron chi connectivity index (χ1n) is 8.87. The van der Waals surface area contributed by atoms with Crippen LogP contribution in [0.2, 0.25) is 10.0 Å². The molecule has 0 unspecified atom stereocenters. The lowest BCUT2D eigenvalue weighted by Crippen LogP contribution is -2.04. The van der Waals surface area contributed by atoms with Gasteiger partial charge in [0.1, 0.15) is 12.4 Å². The van der Waals surface area contributed by atoms with E-state index in [1.54, 1.807) is 12.1 Å². The second-order valence-electron chi connectivity index (χ2n) is 6.12. The van der Waals surface area contributed by atoms with Crippen LogP contribution in [0, 0.1) is 5.82 Å². The summed E-state index contributed by atoms with van der Waals surface area (Å²) in [5, 5.41) is 4.43. The molecule has 0 saturated carbocycles. The summed E-state index contributed by atoms with van der Waals surface area (Å²) < 4.78 is 24.6. The minimum atomic E-state index is -0.284. The van der Waals surface area contributed by atoms with Crippen molar-refractivity contribution in [2.75, 3.05) is 11.9 Å². The average Bonchev–Trinajstić information content (AvgIpc) is 2.67. The molecule has 0 aliphatic rings. The molecule has 0 atom stereocenters. The first-order chi connectivity index (χ1) is 13.5. The van der Waals surface area contributed by atoms with Gasteiger partial charge in [-0.15, -0.1) is 0 Å². The Hall–Kier alpha value is -2.43. The Morgan fingerprint density at radius 2 is 1.71 bits per heavy atom. The maximum Gasteiger partial charge on any atom is 0.180 e. The molecule has 28 heavy (non-hydrogen) atoms. The van der Waals surface area contributed by atoms with Crippen molar-refractivity contribution in [3.05, 3.63) is 87.7 Å². The molecule has 0 saturated heterocycles. The molecule has 0 fully saturated rings. The summed E-state index contributed by atoms with van der Waals surface area (Å²) in [6.07, 6.45) is 0. The summed E-state index contributed by atoms with van der Waals surface area (Å²) >= 11 is 12.5. The van der Waals surface area contributed by atoms with Crippen molar-refractivity contribution < 1.29 is 13.9 Å². The third kappa shape index (κ3) is 5.54. The Bertz CT molecular complexity index is 932. The maximum absolute atomic E-state index is 13.0. The molecule has 3 aromatic rings. The Balaban J connectivity index is 1.74. The van der Waals surface area contributed by atoms with Crippen LogP contribution < -0.4 is 14.8 Å². The maximum atomic E-state index is 13.0. The van der Waals surface area contributed by atoms with Crippen LogP contribution in [0.15, 0.2) is 60.7 Å². The Kier molecular flexibility index (Phi) is 7.01. The van der Waals surface area contributed by atoms with Gasteiger partial charge in [-0.25, -0.2) is 4.39 Å². The van der Waals surface area contributed by atoms with Crippen LogP contribution in [-0.2, 0) is 13.2 Å². The van der Waals surface area contributed by atoms with Gasteiger partial charge < -0.3 is 14.8 Å². The van der Waals surface area contributed by atoms with Crippen LogP contribution in [0.25, 0.3) is 0 Å². The van der Waals surface area contributed by atoms with Crippen molar-refractivity contribution in [3.63, 3.8) is 0 Å². The topological polar surface area (TPSA) is 30.5 Å². The average molecular weight is 420 g/mol. The third-order valence-corrected chi connectivity index (χ3v) is 4.50. The largest absolute Gasteiger partial charge is 0.490 e. The van der Waals surface area contributed by atoms with Gasteiger partial charge in [-0.3, -0.25) is 0 Å². The minimum Gasteiger partial charge on any atom is -0.490 e. The van der Waals surface area contributed by atoms with E-state index >= 15 is 0 Å². The molecule has 3 nitrogen and oxygen atoms in total. The summed E-state index contributed by atoms with van der Waals surface area (Å²) in [7, 11) is 0. The normalized spacial score (nSPS) is 10.6. The van der Waals surface area contributed by atoms with Gasteiger partial charge in [0.05, 0.1) is 11.6 Å². The van der Waals surface area contributed by atoms with Crippen LogP contribution in [0.3, 0.4) is 0 Å². The fraction of sp³-hybridized carbons (Fsp3) is 0.182. The fourth-order valence-electron chi connectivity index (χ4n) is 2.67. The highest BCUT2D eigenvalue weighted by Crippen LogP contribution is 2.37. The zero-order valence-corrected chi connectivity index (χ0v) is 16.9. The van der Waals surface area contributed by atoms with Gasteiger partial charge in [0.2, 0.25) is 0 Å². The number of rotatable bonds is 8. The van der Waals surface area contributed by atoms with E-state index in [0.717, 1.165) is 16.8 Å². The zero-order chi connectivity index (χ0) is 19.9. The highest BCUT2D eigenvalue weighted by molar-refractivity contribution is 6.32. The lowest BCUT2D eigenvalue weighted by Gasteiger charge is -2.16. The van der Waals surface area contributed by atoms with Gasteiger partial charge in [-0.05, 0) is 60.5 Å². The van der Waals surface area contributed by atoms with Crippen LogP contribution in [0.4, 0.5) is 10.1 Å². The molecule has 0 radical (unpaired) electrons. The van der Waals surface area contributed by atoms with Gasteiger partial charge >= 0.3 is 0 Å². The predicted molar refractivity (Wildman–Crippen MR) is 112 cm³/mol. The minimum absolute atomic E-state index is 0.264. The summed E-state index contributed by atoms with van der Waals surface area (Å²) in [5.74, 6) is 0.757. The SMILES string of the molecule is CCOc1cc(CNc2cccc(Cl)c2)cc(Cl)c1OCc1ccc(F)cc1. The quantitative estimate of drug-likeness (QED) is 0.439. The van der Waals surface area contributed by atoms with Gasteiger partial charge in [-0.2, -0.15) is 0 Å². The van der Waals surface area contributed by atoms with Crippen molar-refractivity contribution in [1.82, 2.24) is 0 Å². The number of hydrogen-bond acceptors (Lipinski definition) is 3. The molecule has 0 aliphatic carbocycles. The second kappa shape index (κ2) is 9.67. The standard InChI is InChI=1S/C22H20Cl2FNO2/c1-2-27-21-11-16(13-26-19-5-3-4-17(23)12-19)10-20(24)22(21)28-14-15-6-8-18(25)9-7-15/h3-12,26H,2,13-14H2,1H3. The van der Waals surface area contributed by atoms with E-state index in [9.17, 15) is 4.39 Å². The van der Waals surface area contributed by atoms with Crippen LogP contribution in [0.5, 0.6) is 11.5 Å². The monoisotopic (exact) mass is 419 g/mol. The molecule has 146 valence electrons. The van der Waals surface area contributed by atoms with Gasteiger partial charge in [0, 0.05) is 17.3 Å². The summed E-state index contributed by atoms with van der Waals surface area (Å²) in [4.78, 5) is 0. The smallest absolute Gasteiger partial charge is 0.180 e. The van der Waals surface area contributed by atoms with Crippen LogP contribution in [0.1, 0.15) is 18.1 Å².